The van der Waals surface area contributed by atoms with Gasteiger partial charge in [-0.15, -0.1) is 0 Å². The van der Waals surface area contributed by atoms with E-state index in [4.69, 9.17) is 5.73 Å². The predicted octanol–water partition coefficient (Wildman–Crippen LogP) is 2.28. The molecule has 19 heavy (non-hydrogen) atoms. The molecule has 1 saturated heterocycles. The van der Waals surface area contributed by atoms with Crippen LogP contribution in [0.25, 0.3) is 0 Å². The highest BCUT2D eigenvalue weighted by Gasteiger charge is 2.32. The molecule has 0 bridgehead atoms. The lowest BCUT2D eigenvalue weighted by Gasteiger charge is -2.34. The van der Waals surface area contributed by atoms with Crippen molar-refractivity contribution in [3.8, 4) is 0 Å². The Labute approximate surface area is 116 Å². The molecule has 0 radical (unpaired) electrons. The first-order chi connectivity index (χ1) is 9.15. The first-order valence-electron chi connectivity index (χ1n) is 7.48. The van der Waals surface area contributed by atoms with Crippen molar-refractivity contribution in [1.29, 1.82) is 0 Å². The molecule has 1 heterocycles. The largest absolute Gasteiger partial charge is 0.399 e. The van der Waals surface area contributed by atoms with Gasteiger partial charge in [0.1, 0.15) is 0 Å². The maximum Gasteiger partial charge on any atom is 0.0357 e. The Morgan fingerprint density at radius 2 is 2.11 bits per heavy atom. The van der Waals surface area contributed by atoms with Gasteiger partial charge in [-0.3, -0.25) is 4.90 Å². The first-order valence-corrected chi connectivity index (χ1v) is 7.48. The molecule has 2 N–H and O–H groups in total. The Morgan fingerprint density at radius 3 is 2.95 bits per heavy atom. The van der Waals surface area contributed by atoms with E-state index < -0.39 is 0 Å². The summed E-state index contributed by atoms with van der Waals surface area (Å²) in [5.41, 5.74) is 9.80. The molecule has 3 nitrogen and oxygen atoms in total. The van der Waals surface area contributed by atoms with Crippen molar-refractivity contribution in [2.75, 3.05) is 32.4 Å². The van der Waals surface area contributed by atoms with Crippen molar-refractivity contribution in [2.24, 2.45) is 0 Å². The predicted molar refractivity (Wildman–Crippen MR) is 80.2 cm³/mol. The minimum Gasteiger partial charge on any atom is -0.399 e. The molecule has 1 fully saturated rings. The van der Waals surface area contributed by atoms with E-state index in [1.807, 2.05) is 0 Å². The summed E-state index contributed by atoms with van der Waals surface area (Å²) in [6.45, 7) is 6.00. The number of nitrogens with zero attached hydrogens (tertiary/aromatic N) is 2. The van der Waals surface area contributed by atoms with Gasteiger partial charge in [0, 0.05) is 30.9 Å². The van der Waals surface area contributed by atoms with E-state index in [-0.39, 0.29) is 0 Å². The molecule has 0 saturated carbocycles. The molecule has 2 unspecified atom stereocenters. The fraction of sp³-hybridized carbons (Fsp3) is 0.625. The van der Waals surface area contributed by atoms with Crippen molar-refractivity contribution in [3.05, 3.63) is 29.3 Å². The summed E-state index contributed by atoms with van der Waals surface area (Å²) < 4.78 is 0. The summed E-state index contributed by atoms with van der Waals surface area (Å²) in [4.78, 5) is 5.18. The van der Waals surface area contributed by atoms with Gasteiger partial charge >= 0.3 is 0 Å². The van der Waals surface area contributed by atoms with Crippen LogP contribution in [0.15, 0.2) is 18.2 Å². The molecule has 3 heteroatoms. The molecular weight excluding hydrogens is 234 g/mol. The summed E-state index contributed by atoms with van der Waals surface area (Å²) in [6, 6.07) is 7.73. The van der Waals surface area contributed by atoms with Crippen LogP contribution in [0.5, 0.6) is 0 Å². The average molecular weight is 259 g/mol. The normalized spacial score (nSPS) is 29.2. The van der Waals surface area contributed by atoms with Gasteiger partial charge in [-0.1, -0.05) is 6.07 Å². The third kappa shape index (κ3) is 2.49. The molecule has 2 atom stereocenters. The number of nitrogen functional groups attached to an aromatic ring is 1. The lowest BCUT2D eigenvalue weighted by atomic mass is 10.0. The molecule has 1 aliphatic heterocycles. The summed E-state index contributed by atoms with van der Waals surface area (Å²) in [6.07, 6.45) is 3.72. The van der Waals surface area contributed by atoms with Crippen LogP contribution in [0.2, 0.25) is 0 Å². The SMILES string of the molecule is CC1CN(C)CCCN1C1CCc2cc(N)ccc21. The van der Waals surface area contributed by atoms with Gasteiger partial charge in [0.2, 0.25) is 0 Å². The van der Waals surface area contributed by atoms with Crippen molar-refractivity contribution >= 4 is 5.69 Å². The molecule has 1 aliphatic carbocycles. The van der Waals surface area contributed by atoms with E-state index in [9.17, 15) is 0 Å². The number of hydrogen-bond acceptors (Lipinski definition) is 3. The summed E-state index contributed by atoms with van der Waals surface area (Å²) in [5, 5.41) is 0. The van der Waals surface area contributed by atoms with Gasteiger partial charge in [0.15, 0.2) is 0 Å². The fourth-order valence-corrected chi connectivity index (χ4v) is 3.81. The fourth-order valence-electron chi connectivity index (χ4n) is 3.81. The van der Waals surface area contributed by atoms with Crippen LogP contribution < -0.4 is 5.73 Å². The van der Waals surface area contributed by atoms with Gasteiger partial charge in [-0.05, 0) is 63.0 Å². The molecular formula is C16H25N3. The number of benzene rings is 1. The molecule has 104 valence electrons. The van der Waals surface area contributed by atoms with Crippen molar-refractivity contribution < 1.29 is 0 Å². The monoisotopic (exact) mass is 259 g/mol. The van der Waals surface area contributed by atoms with Crippen LogP contribution in [0, 0.1) is 0 Å². The average Bonchev–Trinajstić information content (AvgIpc) is 2.69. The third-order valence-corrected chi connectivity index (χ3v) is 4.71. The maximum atomic E-state index is 5.90. The summed E-state index contributed by atoms with van der Waals surface area (Å²) in [7, 11) is 2.24. The number of aryl methyl sites for hydroxylation is 1. The number of rotatable bonds is 1. The molecule has 0 amide bonds. The van der Waals surface area contributed by atoms with Gasteiger partial charge in [0.25, 0.3) is 0 Å². The van der Waals surface area contributed by atoms with Crippen molar-refractivity contribution in [3.63, 3.8) is 0 Å². The van der Waals surface area contributed by atoms with Crippen LogP contribution in [-0.4, -0.2) is 42.5 Å². The number of anilines is 1. The van der Waals surface area contributed by atoms with Crippen LogP contribution in [0.3, 0.4) is 0 Å². The van der Waals surface area contributed by atoms with Crippen molar-refractivity contribution in [1.82, 2.24) is 9.80 Å². The molecule has 1 aromatic rings. The highest BCUT2D eigenvalue weighted by Crippen LogP contribution is 2.38. The minimum absolute atomic E-state index is 0.608. The Bertz CT molecular complexity index is 457. The Hall–Kier alpha value is -1.06. The molecule has 0 spiro atoms. The molecule has 3 rings (SSSR count). The van der Waals surface area contributed by atoms with Gasteiger partial charge < -0.3 is 10.6 Å². The van der Waals surface area contributed by atoms with Gasteiger partial charge in [-0.25, -0.2) is 0 Å². The molecule has 2 aliphatic rings. The number of fused-ring (bicyclic) bond motifs is 1. The Morgan fingerprint density at radius 1 is 1.26 bits per heavy atom. The van der Waals surface area contributed by atoms with Crippen LogP contribution in [0.4, 0.5) is 5.69 Å². The lowest BCUT2D eigenvalue weighted by Crippen LogP contribution is -2.39. The second kappa shape index (κ2) is 5.14. The second-order valence-corrected chi connectivity index (χ2v) is 6.22. The van der Waals surface area contributed by atoms with E-state index >= 15 is 0 Å². The topological polar surface area (TPSA) is 32.5 Å². The zero-order chi connectivity index (χ0) is 13.4. The molecule has 0 aromatic heterocycles. The van der Waals surface area contributed by atoms with E-state index in [1.54, 1.807) is 0 Å². The molecule has 1 aromatic carbocycles. The van der Waals surface area contributed by atoms with E-state index in [1.165, 1.54) is 50.0 Å². The number of nitrogens with two attached hydrogens (primary N) is 1. The summed E-state index contributed by atoms with van der Waals surface area (Å²) in [5.74, 6) is 0. The maximum absolute atomic E-state index is 5.90. The van der Waals surface area contributed by atoms with E-state index in [0.29, 0.717) is 12.1 Å². The number of hydrogen-bond donors (Lipinski definition) is 1. The third-order valence-electron chi connectivity index (χ3n) is 4.71. The van der Waals surface area contributed by atoms with E-state index in [0.717, 1.165) is 5.69 Å². The highest BCUT2D eigenvalue weighted by atomic mass is 15.2. The van der Waals surface area contributed by atoms with Crippen LogP contribution in [-0.2, 0) is 6.42 Å². The smallest absolute Gasteiger partial charge is 0.0357 e. The standard InChI is InChI=1S/C16H25N3/c1-12-11-18(2)8-3-9-19(12)16-7-4-13-10-14(17)5-6-15(13)16/h5-6,10,12,16H,3-4,7-9,11,17H2,1-2H3. The van der Waals surface area contributed by atoms with Crippen LogP contribution >= 0.6 is 0 Å². The van der Waals surface area contributed by atoms with Crippen LogP contribution in [0.1, 0.15) is 36.9 Å². The second-order valence-electron chi connectivity index (χ2n) is 6.22. The first kappa shape index (κ1) is 12.9. The Kier molecular flexibility index (Phi) is 3.50. The van der Waals surface area contributed by atoms with Crippen molar-refractivity contribution in [2.45, 2.75) is 38.3 Å². The summed E-state index contributed by atoms with van der Waals surface area (Å²) >= 11 is 0. The van der Waals surface area contributed by atoms with Gasteiger partial charge in [-0.2, -0.15) is 0 Å². The van der Waals surface area contributed by atoms with Gasteiger partial charge in [0.05, 0.1) is 0 Å². The van der Waals surface area contributed by atoms with E-state index in [2.05, 4.69) is 42.0 Å². The lowest BCUT2D eigenvalue weighted by molar-refractivity contribution is 0.142. The Balaban J connectivity index is 1.84. The minimum atomic E-state index is 0.608. The highest BCUT2D eigenvalue weighted by molar-refractivity contribution is 5.47. The number of likely N-dealkylation sites (N-methyl/N-ethyl adjacent to an activating group) is 1. The zero-order valence-electron chi connectivity index (χ0n) is 12.1. The zero-order valence-corrected chi connectivity index (χ0v) is 12.1. The quantitative estimate of drug-likeness (QED) is 0.785.